The van der Waals surface area contributed by atoms with Crippen LogP contribution in [0.1, 0.15) is 28.8 Å². The van der Waals surface area contributed by atoms with E-state index in [1.807, 2.05) is 29.2 Å². The highest BCUT2D eigenvalue weighted by molar-refractivity contribution is 6.06. The second kappa shape index (κ2) is 5.19. The van der Waals surface area contributed by atoms with E-state index in [0.717, 1.165) is 11.3 Å². The topological polar surface area (TPSA) is 62.3 Å². The van der Waals surface area contributed by atoms with Crippen molar-refractivity contribution < 1.29 is 9.59 Å². The van der Waals surface area contributed by atoms with E-state index in [1.165, 1.54) is 0 Å². The number of pyridine rings is 1. The van der Waals surface area contributed by atoms with Gasteiger partial charge in [-0.1, -0.05) is 18.2 Å². The van der Waals surface area contributed by atoms with Crippen molar-refractivity contribution in [1.29, 1.82) is 0 Å². The summed E-state index contributed by atoms with van der Waals surface area (Å²) in [5.41, 5.74) is 2.09. The molecule has 0 bridgehead atoms. The maximum atomic E-state index is 12.5. The van der Waals surface area contributed by atoms with Crippen LogP contribution in [0.4, 0.5) is 5.69 Å². The van der Waals surface area contributed by atoms with Gasteiger partial charge in [-0.15, -0.1) is 0 Å². The van der Waals surface area contributed by atoms with Crippen molar-refractivity contribution in [1.82, 2.24) is 9.88 Å². The molecule has 3 heterocycles. The number of fused-ring (bicyclic) bond motifs is 2. The predicted octanol–water partition coefficient (Wildman–Crippen LogP) is 2.21. The molecule has 4 rings (SSSR count). The number of hydrogen-bond acceptors (Lipinski definition) is 3. The second-order valence-corrected chi connectivity index (χ2v) is 6.12. The smallest absolute Gasteiger partial charge is 0.255 e. The summed E-state index contributed by atoms with van der Waals surface area (Å²) in [6.45, 7) is 1.16. The predicted molar refractivity (Wildman–Crippen MR) is 86.1 cm³/mol. The Morgan fingerprint density at radius 1 is 1.13 bits per heavy atom. The van der Waals surface area contributed by atoms with Crippen molar-refractivity contribution >= 4 is 17.5 Å². The fraction of sp³-hybridized carbons (Fsp3) is 0.278. The minimum atomic E-state index is -0.484. The third-order valence-corrected chi connectivity index (χ3v) is 4.94. The average Bonchev–Trinajstić information content (AvgIpc) is 2.88. The van der Waals surface area contributed by atoms with E-state index in [0.29, 0.717) is 31.5 Å². The Hall–Kier alpha value is -2.69. The first-order valence-corrected chi connectivity index (χ1v) is 7.81. The monoisotopic (exact) mass is 307 g/mol. The molecule has 116 valence electrons. The Morgan fingerprint density at radius 2 is 1.91 bits per heavy atom. The van der Waals surface area contributed by atoms with Crippen LogP contribution in [0.2, 0.25) is 0 Å². The van der Waals surface area contributed by atoms with E-state index in [-0.39, 0.29) is 11.8 Å². The van der Waals surface area contributed by atoms with Gasteiger partial charge in [0, 0.05) is 31.2 Å². The lowest BCUT2D eigenvalue weighted by atomic mass is 9.73. The summed E-state index contributed by atoms with van der Waals surface area (Å²) < 4.78 is 0. The number of carbonyl (C=O) groups is 2. The Kier molecular flexibility index (Phi) is 3.15. The van der Waals surface area contributed by atoms with Crippen molar-refractivity contribution in [3.8, 4) is 0 Å². The Bertz CT molecular complexity index is 765. The van der Waals surface area contributed by atoms with Gasteiger partial charge in [0.05, 0.1) is 11.0 Å². The van der Waals surface area contributed by atoms with E-state index in [2.05, 4.69) is 10.3 Å². The van der Waals surface area contributed by atoms with Crippen LogP contribution in [0.3, 0.4) is 0 Å². The normalized spacial score (nSPS) is 18.6. The molecule has 0 atom stereocenters. The zero-order valence-corrected chi connectivity index (χ0v) is 12.7. The number of para-hydroxylation sites is 1. The highest BCUT2D eigenvalue weighted by Gasteiger charge is 2.48. The van der Waals surface area contributed by atoms with Gasteiger partial charge < -0.3 is 10.2 Å². The third-order valence-electron chi connectivity index (χ3n) is 4.94. The minimum absolute atomic E-state index is 0.0142. The first-order chi connectivity index (χ1) is 11.2. The summed E-state index contributed by atoms with van der Waals surface area (Å²) in [5.74, 6) is 0.0480. The molecule has 2 amide bonds. The highest BCUT2D eigenvalue weighted by Crippen LogP contribution is 2.44. The van der Waals surface area contributed by atoms with Crippen LogP contribution in [-0.4, -0.2) is 34.8 Å². The second-order valence-electron chi connectivity index (χ2n) is 6.12. The maximum Gasteiger partial charge on any atom is 0.255 e. The van der Waals surface area contributed by atoms with Crippen molar-refractivity contribution in [2.24, 2.45) is 0 Å². The molecule has 2 aliphatic heterocycles. The lowest BCUT2D eigenvalue weighted by Crippen LogP contribution is -2.48. The van der Waals surface area contributed by atoms with Gasteiger partial charge in [-0.25, -0.2) is 0 Å². The number of carbonyl (C=O) groups excluding carboxylic acids is 2. The van der Waals surface area contributed by atoms with Crippen LogP contribution in [0.15, 0.2) is 48.8 Å². The quantitative estimate of drug-likeness (QED) is 0.878. The van der Waals surface area contributed by atoms with Gasteiger partial charge in [-0.05, 0) is 36.6 Å². The number of likely N-dealkylation sites (tertiary alicyclic amines) is 1. The Labute approximate surface area is 134 Å². The molecule has 1 spiro atoms. The molecular weight excluding hydrogens is 290 g/mol. The molecule has 23 heavy (non-hydrogen) atoms. The Morgan fingerprint density at radius 3 is 2.65 bits per heavy atom. The van der Waals surface area contributed by atoms with Crippen molar-refractivity contribution in [3.05, 3.63) is 59.9 Å². The molecule has 2 aliphatic rings. The fourth-order valence-corrected chi connectivity index (χ4v) is 3.63. The first kappa shape index (κ1) is 13.9. The lowest BCUT2D eigenvalue weighted by Gasteiger charge is -2.38. The van der Waals surface area contributed by atoms with Gasteiger partial charge in [0.25, 0.3) is 5.91 Å². The van der Waals surface area contributed by atoms with Gasteiger partial charge in [-0.2, -0.15) is 0 Å². The average molecular weight is 307 g/mol. The van der Waals surface area contributed by atoms with Gasteiger partial charge in [0.1, 0.15) is 0 Å². The zero-order chi connectivity index (χ0) is 15.9. The van der Waals surface area contributed by atoms with E-state index >= 15 is 0 Å². The van der Waals surface area contributed by atoms with Crippen LogP contribution in [-0.2, 0) is 10.2 Å². The fourth-order valence-electron chi connectivity index (χ4n) is 3.63. The number of benzene rings is 1. The number of hydrogen-bond donors (Lipinski definition) is 1. The van der Waals surface area contributed by atoms with E-state index in [1.54, 1.807) is 24.5 Å². The number of anilines is 1. The molecule has 1 fully saturated rings. The molecule has 0 saturated carbocycles. The SMILES string of the molecule is O=C(c1cccnc1)N1CCC2(CC1)C(=O)Nc1ccccc12. The zero-order valence-electron chi connectivity index (χ0n) is 12.7. The summed E-state index contributed by atoms with van der Waals surface area (Å²) in [6, 6.07) is 11.4. The van der Waals surface area contributed by atoms with E-state index in [4.69, 9.17) is 0 Å². The van der Waals surface area contributed by atoms with Gasteiger partial charge >= 0.3 is 0 Å². The molecule has 1 N–H and O–H groups in total. The first-order valence-electron chi connectivity index (χ1n) is 7.81. The number of rotatable bonds is 1. The van der Waals surface area contributed by atoms with Crippen molar-refractivity contribution in [3.63, 3.8) is 0 Å². The minimum Gasteiger partial charge on any atom is -0.339 e. The number of nitrogens with zero attached hydrogens (tertiary/aromatic N) is 2. The largest absolute Gasteiger partial charge is 0.339 e. The van der Waals surface area contributed by atoms with E-state index in [9.17, 15) is 9.59 Å². The number of aromatic nitrogens is 1. The summed E-state index contributed by atoms with van der Waals surface area (Å²) in [6.07, 6.45) is 4.55. The number of nitrogens with one attached hydrogen (secondary N) is 1. The van der Waals surface area contributed by atoms with Crippen LogP contribution in [0.5, 0.6) is 0 Å². The van der Waals surface area contributed by atoms with Gasteiger partial charge in [0.2, 0.25) is 5.91 Å². The summed E-state index contributed by atoms with van der Waals surface area (Å²) in [4.78, 5) is 30.9. The third kappa shape index (κ3) is 2.11. The van der Waals surface area contributed by atoms with Crippen molar-refractivity contribution in [2.45, 2.75) is 18.3 Å². The van der Waals surface area contributed by atoms with Crippen LogP contribution >= 0.6 is 0 Å². The number of amides is 2. The highest BCUT2D eigenvalue weighted by atomic mass is 16.2. The van der Waals surface area contributed by atoms with Gasteiger partial charge in [0.15, 0.2) is 0 Å². The van der Waals surface area contributed by atoms with Gasteiger partial charge in [-0.3, -0.25) is 14.6 Å². The van der Waals surface area contributed by atoms with Crippen molar-refractivity contribution in [2.75, 3.05) is 18.4 Å². The molecule has 5 nitrogen and oxygen atoms in total. The molecule has 1 aromatic heterocycles. The number of piperidine rings is 1. The molecule has 5 heteroatoms. The standard InChI is InChI=1S/C18H17N3O2/c22-16(13-4-3-9-19-12-13)21-10-7-18(8-11-21)14-5-1-2-6-15(14)20-17(18)23/h1-6,9,12H,7-8,10-11H2,(H,20,23). The molecule has 2 aromatic rings. The lowest BCUT2D eigenvalue weighted by molar-refractivity contribution is -0.122. The molecule has 0 aliphatic carbocycles. The Balaban J connectivity index is 1.56. The molecule has 1 aromatic carbocycles. The molecular formula is C18H17N3O2. The molecule has 0 radical (unpaired) electrons. The van der Waals surface area contributed by atoms with E-state index < -0.39 is 5.41 Å². The van der Waals surface area contributed by atoms with Crippen LogP contribution in [0, 0.1) is 0 Å². The maximum absolute atomic E-state index is 12.5. The molecule has 0 unspecified atom stereocenters. The summed E-state index contributed by atoms with van der Waals surface area (Å²) >= 11 is 0. The molecule has 1 saturated heterocycles. The summed E-state index contributed by atoms with van der Waals surface area (Å²) in [7, 11) is 0. The summed E-state index contributed by atoms with van der Waals surface area (Å²) in [5, 5.41) is 2.98. The van der Waals surface area contributed by atoms with Crippen LogP contribution in [0.25, 0.3) is 0 Å². The van der Waals surface area contributed by atoms with Crippen LogP contribution < -0.4 is 5.32 Å².